The molecule has 0 amide bonds. The topological polar surface area (TPSA) is 12.0 Å². The van der Waals surface area contributed by atoms with Gasteiger partial charge in [-0.05, 0) is 43.7 Å². The third kappa shape index (κ3) is 3.73. The van der Waals surface area contributed by atoms with E-state index in [1.165, 1.54) is 38.5 Å². The zero-order chi connectivity index (χ0) is 13.1. The van der Waals surface area contributed by atoms with Gasteiger partial charge in [0.25, 0.3) is 0 Å². The SMILES string of the molecule is Fc1cccc(SCC2CCCC2)c1CNC1CC1. The van der Waals surface area contributed by atoms with Gasteiger partial charge in [0.1, 0.15) is 5.82 Å². The van der Waals surface area contributed by atoms with Crippen LogP contribution < -0.4 is 5.32 Å². The van der Waals surface area contributed by atoms with Crippen LogP contribution in [0.2, 0.25) is 0 Å². The third-order valence-electron chi connectivity index (χ3n) is 4.17. The predicted molar refractivity (Wildman–Crippen MR) is 78.9 cm³/mol. The van der Waals surface area contributed by atoms with Gasteiger partial charge in [-0.2, -0.15) is 0 Å². The molecule has 3 heteroatoms. The summed E-state index contributed by atoms with van der Waals surface area (Å²) in [5, 5.41) is 3.43. The fourth-order valence-corrected chi connectivity index (χ4v) is 4.03. The zero-order valence-corrected chi connectivity index (χ0v) is 12.1. The lowest BCUT2D eigenvalue weighted by Gasteiger charge is -2.13. The summed E-state index contributed by atoms with van der Waals surface area (Å²) in [6.07, 6.45) is 7.98. The number of rotatable bonds is 6. The van der Waals surface area contributed by atoms with E-state index in [-0.39, 0.29) is 5.82 Å². The van der Waals surface area contributed by atoms with E-state index in [4.69, 9.17) is 0 Å². The smallest absolute Gasteiger partial charge is 0.128 e. The van der Waals surface area contributed by atoms with Crippen molar-refractivity contribution < 1.29 is 4.39 Å². The Morgan fingerprint density at radius 2 is 1.95 bits per heavy atom. The average Bonchev–Trinajstić information content (AvgIpc) is 3.09. The second-order valence-corrected chi connectivity index (χ2v) is 6.90. The normalized spacial score (nSPS) is 20.1. The van der Waals surface area contributed by atoms with Crippen molar-refractivity contribution >= 4 is 11.8 Å². The van der Waals surface area contributed by atoms with Gasteiger partial charge in [0.2, 0.25) is 0 Å². The summed E-state index contributed by atoms with van der Waals surface area (Å²) in [6.45, 7) is 0.685. The van der Waals surface area contributed by atoms with Gasteiger partial charge in [-0.25, -0.2) is 4.39 Å². The molecule has 0 aromatic heterocycles. The molecule has 0 bridgehead atoms. The van der Waals surface area contributed by atoms with Gasteiger partial charge in [0, 0.05) is 28.8 Å². The minimum atomic E-state index is -0.0513. The van der Waals surface area contributed by atoms with Gasteiger partial charge >= 0.3 is 0 Å². The molecule has 3 rings (SSSR count). The summed E-state index contributed by atoms with van der Waals surface area (Å²) >= 11 is 1.85. The summed E-state index contributed by atoms with van der Waals surface area (Å²) in [6, 6.07) is 6.13. The van der Waals surface area contributed by atoms with Gasteiger partial charge in [0.05, 0.1) is 0 Å². The Morgan fingerprint density at radius 3 is 2.68 bits per heavy atom. The van der Waals surface area contributed by atoms with Crippen LogP contribution in [0.1, 0.15) is 44.1 Å². The Hall–Kier alpha value is -0.540. The molecular formula is C16H22FNS. The Labute approximate surface area is 119 Å². The zero-order valence-electron chi connectivity index (χ0n) is 11.3. The maximum absolute atomic E-state index is 14.0. The van der Waals surface area contributed by atoms with Gasteiger partial charge in [0.15, 0.2) is 0 Å². The van der Waals surface area contributed by atoms with E-state index in [2.05, 4.69) is 11.4 Å². The molecule has 19 heavy (non-hydrogen) atoms. The Bertz CT molecular complexity index is 425. The Balaban J connectivity index is 1.62. The predicted octanol–water partition coefficient (Wildman–Crippen LogP) is 4.36. The fraction of sp³-hybridized carbons (Fsp3) is 0.625. The van der Waals surface area contributed by atoms with E-state index in [0.717, 1.165) is 22.1 Å². The fourth-order valence-electron chi connectivity index (χ4n) is 2.76. The number of hydrogen-bond acceptors (Lipinski definition) is 2. The second kappa shape index (κ2) is 6.27. The number of thioether (sulfide) groups is 1. The summed E-state index contributed by atoms with van der Waals surface area (Å²) in [5.41, 5.74) is 0.873. The third-order valence-corrected chi connectivity index (χ3v) is 5.50. The first-order chi connectivity index (χ1) is 9.33. The summed E-state index contributed by atoms with van der Waals surface area (Å²) in [5.74, 6) is 1.95. The molecule has 1 aromatic carbocycles. The highest BCUT2D eigenvalue weighted by Gasteiger charge is 2.22. The van der Waals surface area contributed by atoms with Crippen molar-refractivity contribution in [2.24, 2.45) is 5.92 Å². The van der Waals surface area contributed by atoms with Crippen LogP contribution in [0.15, 0.2) is 23.1 Å². The van der Waals surface area contributed by atoms with Crippen molar-refractivity contribution in [3.8, 4) is 0 Å². The van der Waals surface area contributed by atoms with E-state index in [1.54, 1.807) is 6.07 Å². The van der Waals surface area contributed by atoms with Crippen LogP contribution in [-0.2, 0) is 6.54 Å². The van der Waals surface area contributed by atoms with Crippen LogP contribution in [0.3, 0.4) is 0 Å². The highest BCUT2D eigenvalue weighted by molar-refractivity contribution is 7.99. The summed E-state index contributed by atoms with van der Waals surface area (Å²) in [7, 11) is 0. The molecule has 0 radical (unpaired) electrons. The quantitative estimate of drug-likeness (QED) is 0.776. The molecule has 0 heterocycles. The highest BCUT2D eigenvalue weighted by Crippen LogP contribution is 2.33. The maximum Gasteiger partial charge on any atom is 0.128 e. The minimum absolute atomic E-state index is 0.0513. The molecule has 1 nitrogen and oxygen atoms in total. The van der Waals surface area contributed by atoms with Crippen molar-refractivity contribution in [1.82, 2.24) is 5.32 Å². The first-order valence-electron chi connectivity index (χ1n) is 7.46. The molecule has 0 aliphatic heterocycles. The van der Waals surface area contributed by atoms with Crippen LogP contribution in [0, 0.1) is 11.7 Å². The standard InChI is InChI=1S/C16H22FNS/c17-15-6-3-7-16(14(15)10-18-13-8-9-13)19-11-12-4-1-2-5-12/h3,6-7,12-13,18H,1-2,4-5,8-11H2. The van der Waals surface area contributed by atoms with Gasteiger partial charge in [-0.1, -0.05) is 18.9 Å². The van der Waals surface area contributed by atoms with Crippen molar-refractivity contribution in [2.45, 2.75) is 56.0 Å². The van der Waals surface area contributed by atoms with Gasteiger partial charge < -0.3 is 5.32 Å². The van der Waals surface area contributed by atoms with E-state index in [0.29, 0.717) is 12.6 Å². The summed E-state index contributed by atoms with van der Waals surface area (Å²) in [4.78, 5) is 1.14. The van der Waals surface area contributed by atoms with Crippen LogP contribution in [0.25, 0.3) is 0 Å². The lowest BCUT2D eigenvalue weighted by atomic mass is 10.1. The molecule has 2 saturated carbocycles. The molecule has 0 saturated heterocycles. The Morgan fingerprint density at radius 1 is 1.16 bits per heavy atom. The second-order valence-electron chi connectivity index (χ2n) is 5.83. The van der Waals surface area contributed by atoms with Crippen molar-refractivity contribution in [1.29, 1.82) is 0 Å². The minimum Gasteiger partial charge on any atom is -0.310 e. The monoisotopic (exact) mass is 279 g/mol. The van der Waals surface area contributed by atoms with Crippen molar-refractivity contribution in [2.75, 3.05) is 5.75 Å². The number of halogens is 1. The van der Waals surface area contributed by atoms with Crippen LogP contribution in [0.4, 0.5) is 4.39 Å². The molecule has 0 unspecified atom stereocenters. The van der Waals surface area contributed by atoms with Crippen molar-refractivity contribution in [3.63, 3.8) is 0 Å². The molecule has 2 aliphatic rings. The average molecular weight is 279 g/mol. The highest BCUT2D eigenvalue weighted by atomic mass is 32.2. The molecule has 2 fully saturated rings. The van der Waals surface area contributed by atoms with E-state index >= 15 is 0 Å². The van der Waals surface area contributed by atoms with E-state index < -0.39 is 0 Å². The van der Waals surface area contributed by atoms with E-state index in [1.807, 2.05) is 17.8 Å². The van der Waals surface area contributed by atoms with E-state index in [9.17, 15) is 4.39 Å². The first-order valence-corrected chi connectivity index (χ1v) is 8.45. The molecule has 0 atom stereocenters. The molecular weight excluding hydrogens is 257 g/mol. The van der Waals surface area contributed by atoms with Crippen molar-refractivity contribution in [3.05, 3.63) is 29.6 Å². The van der Waals surface area contributed by atoms with Gasteiger partial charge in [-0.15, -0.1) is 11.8 Å². The molecule has 104 valence electrons. The molecule has 0 spiro atoms. The number of hydrogen-bond donors (Lipinski definition) is 1. The number of nitrogens with one attached hydrogen (secondary N) is 1. The Kier molecular flexibility index (Phi) is 4.44. The lowest BCUT2D eigenvalue weighted by Crippen LogP contribution is -2.17. The maximum atomic E-state index is 14.0. The first kappa shape index (κ1) is 13.4. The van der Waals surface area contributed by atoms with Crippen LogP contribution in [-0.4, -0.2) is 11.8 Å². The largest absolute Gasteiger partial charge is 0.310 e. The van der Waals surface area contributed by atoms with Gasteiger partial charge in [-0.3, -0.25) is 0 Å². The van der Waals surface area contributed by atoms with Crippen LogP contribution in [0.5, 0.6) is 0 Å². The molecule has 2 aliphatic carbocycles. The van der Waals surface area contributed by atoms with Crippen LogP contribution >= 0.6 is 11.8 Å². The number of benzene rings is 1. The summed E-state index contributed by atoms with van der Waals surface area (Å²) < 4.78 is 14.0. The lowest BCUT2D eigenvalue weighted by molar-refractivity contribution is 0.578. The molecule has 1 N–H and O–H groups in total. The molecule has 1 aromatic rings.